The first-order chi connectivity index (χ1) is 17.0. The van der Waals surface area contributed by atoms with Gasteiger partial charge in [0.2, 0.25) is 5.91 Å². The van der Waals surface area contributed by atoms with E-state index in [2.05, 4.69) is 5.32 Å². The van der Waals surface area contributed by atoms with Crippen LogP contribution in [0.2, 0.25) is 5.02 Å². The molecule has 3 aromatic rings. The van der Waals surface area contributed by atoms with Crippen LogP contribution < -0.4 is 9.50 Å². The average Bonchev–Trinajstić information content (AvgIpc) is 2.83. The number of benzene rings is 3. The summed E-state index contributed by atoms with van der Waals surface area (Å²) in [6.07, 6.45) is 0.608. The highest BCUT2D eigenvalue weighted by molar-refractivity contribution is 7.87. The van der Waals surface area contributed by atoms with Crippen molar-refractivity contribution < 1.29 is 26.6 Å². The second-order valence-electron chi connectivity index (χ2n) is 8.20. The van der Waals surface area contributed by atoms with Gasteiger partial charge in [0.05, 0.1) is 6.54 Å². The van der Waals surface area contributed by atoms with E-state index in [1.807, 2.05) is 13.8 Å². The minimum Gasteiger partial charge on any atom is -0.379 e. The maximum atomic E-state index is 13.8. The normalized spacial score (nSPS) is 12.0. The lowest BCUT2D eigenvalue weighted by atomic mass is 10.1. The summed E-state index contributed by atoms with van der Waals surface area (Å²) in [7, 11) is -4.24. The van der Waals surface area contributed by atoms with Crippen LogP contribution in [0.1, 0.15) is 43.1 Å². The molecule has 3 aromatic carbocycles. The number of amides is 2. The Morgan fingerprint density at radius 3 is 2.39 bits per heavy atom. The van der Waals surface area contributed by atoms with Crippen molar-refractivity contribution in [2.45, 2.75) is 44.7 Å². The van der Waals surface area contributed by atoms with Crippen molar-refractivity contribution in [3.05, 3.63) is 88.7 Å². The third kappa shape index (κ3) is 6.83. The minimum atomic E-state index is -4.24. The van der Waals surface area contributed by atoms with Gasteiger partial charge in [0, 0.05) is 34.8 Å². The van der Waals surface area contributed by atoms with E-state index in [1.54, 1.807) is 0 Å². The summed E-state index contributed by atoms with van der Waals surface area (Å²) in [6.45, 7) is 5.07. The van der Waals surface area contributed by atoms with Gasteiger partial charge in [-0.1, -0.05) is 24.6 Å². The van der Waals surface area contributed by atoms with Gasteiger partial charge >= 0.3 is 10.1 Å². The molecule has 36 heavy (non-hydrogen) atoms. The number of hydrogen-bond acceptors (Lipinski definition) is 5. The fourth-order valence-electron chi connectivity index (χ4n) is 3.45. The Morgan fingerprint density at radius 2 is 1.78 bits per heavy atom. The molecule has 0 aliphatic heterocycles. The topological polar surface area (TPSA) is 92.8 Å². The molecule has 0 spiro atoms. The lowest BCUT2D eigenvalue weighted by Gasteiger charge is -2.29. The van der Waals surface area contributed by atoms with Crippen molar-refractivity contribution in [1.82, 2.24) is 4.90 Å². The van der Waals surface area contributed by atoms with Gasteiger partial charge in [-0.05, 0) is 74.0 Å². The van der Waals surface area contributed by atoms with E-state index in [-0.39, 0.29) is 34.7 Å². The molecule has 0 bridgehead atoms. The second-order valence-corrected chi connectivity index (χ2v) is 10.2. The molecular weight excluding hydrogens is 507 g/mol. The van der Waals surface area contributed by atoms with Crippen LogP contribution in [-0.2, 0) is 21.5 Å². The molecule has 0 saturated heterocycles. The Hall–Kier alpha value is -3.43. The van der Waals surface area contributed by atoms with Crippen molar-refractivity contribution in [3.8, 4) is 5.75 Å². The summed E-state index contributed by atoms with van der Waals surface area (Å²) < 4.78 is 45.2. The fraction of sp³-hybridized carbons (Fsp3) is 0.231. The molecule has 3 rings (SSSR count). The highest BCUT2D eigenvalue weighted by atomic mass is 35.5. The molecule has 0 aliphatic carbocycles. The van der Waals surface area contributed by atoms with Gasteiger partial charge in [-0.25, -0.2) is 4.39 Å². The van der Waals surface area contributed by atoms with Crippen LogP contribution in [-0.4, -0.2) is 31.2 Å². The van der Waals surface area contributed by atoms with Crippen molar-refractivity contribution >= 4 is 39.2 Å². The lowest BCUT2D eigenvalue weighted by molar-refractivity contribution is -0.114. The van der Waals surface area contributed by atoms with Crippen LogP contribution >= 0.6 is 11.6 Å². The maximum Gasteiger partial charge on any atom is 0.339 e. The number of anilines is 1. The van der Waals surface area contributed by atoms with E-state index in [0.717, 1.165) is 6.07 Å². The zero-order chi connectivity index (χ0) is 26.5. The van der Waals surface area contributed by atoms with Gasteiger partial charge in [0.15, 0.2) is 0 Å². The predicted octanol–water partition coefficient (Wildman–Crippen LogP) is 5.65. The summed E-state index contributed by atoms with van der Waals surface area (Å²) in [6, 6.07) is 15.1. The quantitative estimate of drug-likeness (QED) is 0.360. The summed E-state index contributed by atoms with van der Waals surface area (Å²) in [5.41, 5.74) is 0.978. The average molecular weight is 533 g/mol. The Kier molecular flexibility index (Phi) is 8.70. The first-order valence-electron chi connectivity index (χ1n) is 11.2. The largest absolute Gasteiger partial charge is 0.379 e. The number of halogens is 2. The van der Waals surface area contributed by atoms with Crippen LogP contribution in [0.5, 0.6) is 5.75 Å². The molecule has 1 atom stereocenters. The van der Waals surface area contributed by atoms with E-state index in [9.17, 15) is 22.4 Å². The molecule has 0 fully saturated rings. The molecule has 1 N–H and O–H groups in total. The van der Waals surface area contributed by atoms with E-state index in [1.165, 1.54) is 72.5 Å². The number of carbonyl (C=O) groups excluding carboxylic acids is 2. The smallest absolute Gasteiger partial charge is 0.339 e. The highest BCUT2D eigenvalue weighted by Crippen LogP contribution is 2.29. The number of nitrogens with one attached hydrogen (secondary N) is 1. The molecule has 0 unspecified atom stereocenters. The van der Waals surface area contributed by atoms with E-state index in [0.29, 0.717) is 22.7 Å². The van der Waals surface area contributed by atoms with Crippen molar-refractivity contribution in [1.29, 1.82) is 0 Å². The minimum absolute atomic E-state index is 0.00526. The summed E-state index contributed by atoms with van der Waals surface area (Å²) in [4.78, 5) is 25.9. The van der Waals surface area contributed by atoms with Crippen LogP contribution in [0, 0.1) is 5.82 Å². The molecule has 7 nitrogen and oxygen atoms in total. The SMILES string of the molecule is CC[C@@H](C)N(Cc1cc(Cl)ccc1OS(=O)(=O)c1ccc(NC(C)=O)cc1)C(=O)c1cccc(F)c1. The number of rotatable bonds is 9. The Bertz CT molecular complexity index is 1360. The van der Waals surface area contributed by atoms with E-state index < -0.39 is 21.8 Å². The predicted molar refractivity (Wildman–Crippen MR) is 136 cm³/mol. The molecule has 10 heteroatoms. The first kappa shape index (κ1) is 27.2. The zero-order valence-corrected chi connectivity index (χ0v) is 21.6. The third-order valence-electron chi connectivity index (χ3n) is 5.48. The molecule has 0 radical (unpaired) electrons. The summed E-state index contributed by atoms with van der Waals surface area (Å²) in [5.74, 6) is -1.23. The molecule has 0 aliphatic rings. The molecule has 190 valence electrons. The van der Waals surface area contributed by atoms with Gasteiger partial charge in [-0.3, -0.25) is 9.59 Å². The fourth-order valence-corrected chi connectivity index (χ4v) is 4.61. The van der Waals surface area contributed by atoms with Crippen LogP contribution in [0.15, 0.2) is 71.6 Å². The van der Waals surface area contributed by atoms with Crippen LogP contribution in [0.25, 0.3) is 0 Å². The van der Waals surface area contributed by atoms with Gasteiger partial charge in [0.25, 0.3) is 5.91 Å². The molecule has 2 amide bonds. The number of hydrogen-bond donors (Lipinski definition) is 1. The Labute approximate surface area is 215 Å². The Morgan fingerprint density at radius 1 is 1.08 bits per heavy atom. The van der Waals surface area contributed by atoms with Gasteiger partial charge in [-0.2, -0.15) is 8.42 Å². The molecule has 0 aromatic heterocycles. The summed E-state index contributed by atoms with van der Waals surface area (Å²) in [5, 5.41) is 2.89. The van der Waals surface area contributed by atoms with E-state index >= 15 is 0 Å². The number of carbonyl (C=O) groups is 2. The molecule has 0 saturated carbocycles. The van der Waals surface area contributed by atoms with Crippen LogP contribution in [0.3, 0.4) is 0 Å². The van der Waals surface area contributed by atoms with Gasteiger partial charge in [0.1, 0.15) is 16.5 Å². The summed E-state index contributed by atoms with van der Waals surface area (Å²) >= 11 is 6.19. The van der Waals surface area contributed by atoms with Crippen molar-refractivity contribution in [3.63, 3.8) is 0 Å². The Balaban J connectivity index is 1.92. The zero-order valence-electron chi connectivity index (χ0n) is 20.0. The lowest BCUT2D eigenvalue weighted by Crippen LogP contribution is -2.38. The maximum absolute atomic E-state index is 13.8. The monoisotopic (exact) mass is 532 g/mol. The van der Waals surface area contributed by atoms with Gasteiger partial charge < -0.3 is 14.4 Å². The first-order valence-corrected chi connectivity index (χ1v) is 13.0. The van der Waals surface area contributed by atoms with Crippen molar-refractivity contribution in [2.75, 3.05) is 5.32 Å². The standard InChI is InChI=1S/C26H26ClFN2O5S/c1-4-17(2)30(26(32)19-6-5-7-22(28)15-19)16-20-14-21(27)8-13-25(20)35-36(33,34)24-11-9-23(10-12-24)29-18(3)31/h5-15,17H,4,16H2,1-3H3,(H,29,31)/t17-/m1/s1. The van der Waals surface area contributed by atoms with Crippen molar-refractivity contribution in [2.24, 2.45) is 0 Å². The van der Waals surface area contributed by atoms with Crippen LogP contribution in [0.4, 0.5) is 10.1 Å². The third-order valence-corrected chi connectivity index (χ3v) is 6.96. The molecular formula is C26H26ClFN2O5S. The van der Waals surface area contributed by atoms with Gasteiger partial charge in [-0.15, -0.1) is 0 Å². The highest BCUT2D eigenvalue weighted by Gasteiger charge is 2.25. The second kappa shape index (κ2) is 11.5. The van der Waals surface area contributed by atoms with E-state index in [4.69, 9.17) is 15.8 Å². The number of nitrogens with zero attached hydrogens (tertiary/aromatic N) is 1. The molecule has 0 heterocycles.